The number of carbonyl (C=O) groups excluding carboxylic acids is 1. The zero-order chi connectivity index (χ0) is 23.3. The maximum Gasteiger partial charge on any atom is 0.297 e. The highest BCUT2D eigenvalue weighted by Gasteiger charge is 2.45. The number of anilines is 1. The number of benzene rings is 2. The van der Waals surface area contributed by atoms with Crippen LogP contribution < -0.4 is 10.3 Å². The SMILES string of the molecule is CCCc1nnc(N2C(=O)c3oc4ccc(C)cc4c(=O)c3C2c2ccc(C(C)C)cc2)s1. The number of rotatable bonds is 5. The quantitative estimate of drug-likeness (QED) is 0.378. The van der Waals surface area contributed by atoms with Gasteiger partial charge in [-0.3, -0.25) is 14.5 Å². The topological polar surface area (TPSA) is 76.3 Å². The number of amides is 1. The Morgan fingerprint density at radius 2 is 1.85 bits per heavy atom. The highest BCUT2D eigenvalue weighted by atomic mass is 32.1. The highest BCUT2D eigenvalue weighted by Crippen LogP contribution is 2.42. The summed E-state index contributed by atoms with van der Waals surface area (Å²) in [5.74, 6) is 0.104. The van der Waals surface area contributed by atoms with Gasteiger partial charge in [-0.05, 0) is 42.5 Å². The predicted molar refractivity (Wildman–Crippen MR) is 130 cm³/mol. The summed E-state index contributed by atoms with van der Waals surface area (Å²) >= 11 is 1.39. The monoisotopic (exact) mass is 459 g/mol. The van der Waals surface area contributed by atoms with Gasteiger partial charge in [0.05, 0.1) is 17.0 Å². The molecule has 0 N–H and O–H groups in total. The van der Waals surface area contributed by atoms with Crippen LogP contribution in [0.2, 0.25) is 0 Å². The molecule has 0 radical (unpaired) electrons. The minimum Gasteiger partial charge on any atom is -0.450 e. The molecule has 0 aliphatic carbocycles. The summed E-state index contributed by atoms with van der Waals surface area (Å²) in [4.78, 5) is 28.9. The molecule has 168 valence electrons. The number of fused-ring (bicyclic) bond motifs is 2. The van der Waals surface area contributed by atoms with Crippen molar-refractivity contribution < 1.29 is 9.21 Å². The molecule has 2 aromatic heterocycles. The Bertz CT molecular complexity index is 1420. The van der Waals surface area contributed by atoms with Gasteiger partial charge in [0.1, 0.15) is 10.6 Å². The Balaban J connectivity index is 1.74. The predicted octanol–water partition coefficient (Wildman–Crippen LogP) is 5.78. The van der Waals surface area contributed by atoms with E-state index in [0.717, 1.165) is 29.0 Å². The second-order valence-corrected chi connectivity index (χ2v) is 9.84. The Kier molecular flexibility index (Phi) is 5.37. The Hall–Kier alpha value is -3.32. The number of aromatic nitrogens is 2. The normalized spacial score (nSPS) is 15.6. The number of carbonyl (C=O) groups is 1. The van der Waals surface area contributed by atoms with Crippen LogP contribution in [-0.4, -0.2) is 16.1 Å². The van der Waals surface area contributed by atoms with Gasteiger partial charge >= 0.3 is 0 Å². The molecule has 1 aliphatic heterocycles. The van der Waals surface area contributed by atoms with E-state index in [4.69, 9.17) is 4.42 Å². The zero-order valence-electron chi connectivity index (χ0n) is 19.1. The third kappa shape index (κ3) is 3.56. The first-order valence-electron chi connectivity index (χ1n) is 11.2. The van der Waals surface area contributed by atoms with E-state index in [1.54, 1.807) is 11.0 Å². The molecular formula is C26H25N3O3S. The van der Waals surface area contributed by atoms with Gasteiger partial charge in [-0.2, -0.15) is 0 Å². The van der Waals surface area contributed by atoms with Crippen molar-refractivity contribution in [3.8, 4) is 0 Å². The summed E-state index contributed by atoms with van der Waals surface area (Å²) < 4.78 is 6.04. The Morgan fingerprint density at radius 3 is 2.55 bits per heavy atom. The largest absolute Gasteiger partial charge is 0.450 e. The van der Waals surface area contributed by atoms with Gasteiger partial charge in [-0.25, -0.2) is 0 Å². The van der Waals surface area contributed by atoms with Crippen LogP contribution in [0.15, 0.2) is 51.7 Å². The molecule has 0 bridgehead atoms. The maximum absolute atomic E-state index is 13.7. The smallest absolute Gasteiger partial charge is 0.297 e. The molecule has 1 aliphatic rings. The average Bonchev–Trinajstić information content (AvgIpc) is 3.37. The molecule has 0 fully saturated rings. The summed E-state index contributed by atoms with van der Waals surface area (Å²) in [6, 6.07) is 12.9. The van der Waals surface area contributed by atoms with Crippen LogP contribution in [0.1, 0.15) is 77.0 Å². The van der Waals surface area contributed by atoms with Crippen molar-refractivity contribution in [2.75, 3.05) is 4.90 Å². The second-order valence-electron chi connectivity index (χ2n) is 8.80. The standard InChI is InChI=1S/C26H25N3O3S/c1-5-6-20-27-28-26(33-20)29-22(17-10-8-16(9-11-17)14(2)3)21-23(30)18-13-15(4)7-12-19(18)32-24(21)25(29)31/h7-14,22H,5-6H2,1-4H3. The number of aryl methyl sites for hydroxylation is 2. The van der Waals surface area contributed by atoms with Gasteiger partial charge in [0.25, 0.3) is 5.91 Å². The van der Waals surface area contributed by atoms with Crippen molar-refractivity contribution in [1.29, 1.82) is 0 Å². The highest BCUT2D eigenvalue weighted by molar-refractivity contribution is 7.15. The molecule has 0 spiro atoms. The fraction of sp³-hybridized carbons (Fsp3) is 0.308. The van der Waals surface area contributed by atoms with Crippen LogP contribution in [0.25, 0.3) is 11.0 Å². The van der Waals surface area contributed by atoms with E-state index in [9.17, 15) is 9.59 Å². The van der Waals surface area contributed by atoms with E-state index in [0.29, 0.717) is 27.6 Å². The molecule has 0 saturated carbocycles. The molecule has 7 heteroatoms. The first-order chi connectivity index (χ1) is 15.9. The molecule has 1 unspecified atom stereocenters. The van der Waals surface area contributed by atoms with Crippen LogP contribution in [0.3, 0.4) is 0 Å². The number of nitrogens with zero attached hydrogens (tertiary/aromatic N) is 3. The van der Waals surface area contributed by atoms with Gasteiger partial charge in [0.2, 0.25) is 10.9 Å². The first kappa shape index (κ1) is 21.5. The minimum atomic E-state index is -0.614. The lowest BCUT2D eigenvalue weighted by Gasteiger charge is -2.22. The number of hydrogen-bond donors (Lipinski definition) is 0. The summed E-state index contributed by atoms with van der Waals surface area (Å²) in [5.41, 5.74) is 3.60. The van der Waals surface area contributed by atoms with Gasteiger partial charge in [0, 0.05) is 6.42 Å². The zero-order valence-corrected chi connectivity index (χ0v) is 19.9. The van der Waals surface area contributed by atoms with Crippen molar-refractivity contribution >= 4 is 33.3 Å². The van der Waals surface area contributed by atoms with E-state index in [-0.39, 0.29) is 17.1 Å². The molecular weight excluding hydrogens is 434 g/mol. The third-order valence-electron chi connectivity index (χ3n) is 6.07. The molecule has 2 aromatic carbocycles. The molecule has 1 atom stereocenters. The van der Waals surface area contributed by atoms with Gasteiger partial charge in [-0.1, -0.05) is 68.0 Å². The molecule has 1 amide bonds. The first-order valence-corrected chi connectivity index (χ1v) is 12.0. The van der Waals surface area contributed by atoms with Gasteiger partial charge < -0.3 is 4.42 Å². The summed E-state index contributed by atoms with van der Waals surface area (Å²) in [7, 11) is 0. The molecule has 4 aromatic rings. The van der Waals surface area contributed by atoms with Crippen LogP contribution in [0, 0.1) is 6.92 Å². The Morgan fingerprint density at radius 1 is 1.09 bits per heavy atom. The summed E-state index contributed by atoms with van der Waals surface area (Å²) in [6.07, 6.45) is 1.73. The van der Waals surface area contributed by atoms with E-state index in [1.807, 2.05) is 31.2 Å². The minimum absolute atomic E-state index is 0.0848. The number of hydrogen-bond acceptors (Lipinski definition) is 6. The molecule has 5 rings (SSSR count). The van der Waals surface area contributed by atoms with Crippen molar-refractivity contribution in [2.24, 2.45) is 0 Å². The van der Waals surface area contributed by atoms with Crippen LogP contribution in [0.4, 0.5) is 5.13 Å². The van der Waals surface area contributed by atoms with Crippen molar-refractivity contribution in [3.05, 3.63) is 85.7 Å². The lowest BCUT2D eigenvalue weighted by Crippen LogP contribution is -2.29. The van der Waals surface area contributed by atoms with Gasteiger partial charge in [-0.15, -0.1) is 10.2 Å². The van der Waals surface area contributed by atoms with E-state index in [2.05, 4.69) is 43.1 Å². The van der Waals surface area contributed by atoms with E-state index < -0.39 is 6.04 Å². The second kappa shape index (κ2) is 8.23. The summed E-state index contributed by atoms with van der Waals surface area (Å²) in [5, 5.41) is 10.4. The maximum atomic E-state index is 13.7. The fourth-order valence-electron chi connectivity index (χ4n) is 4.32. The van der Waals surface area contributed by atoms with E-state index in [1.165, 1.54) is 16.9 Å². The van der Waals surface area contributed by atoms with Crippen LogP contribution >= 0.6 is 11.3 Å². The van der Waals surface area contributed by atoms with Crippen molar-refractivity contribution in [3.63, 3.8) is 0 Å². The Labute approximate surface area is 195 Å². The summed E-state index contributed by atoms with van der Waals surface area (Å²) in [6.45, 7) is 8.28. The fourth-order valence-corrected chi connectivity index (χ4v) is 5.29. The lowest BCUT2D eigenvalue weighted by molar-refractivity contribution is 0.0970. The molecule has 33 heavy (non-hydrogen) atoms. The molecule has 0 saturated heterocycles. The van der Waals surface area contributed by atoms with Gasteiger partial charge in [0.15, 0.2) is 5.43 Å². The molecule has 3 heterocycles. The van der Waals surface area contributed by atoms with Crippen LogP contribution in [0.5, 0.6) is 0 Å². The van der Waals surface area contributed by atoms with E-state index >= 15 is 0 Å². The van der Waals surface area contributed by atoms with Crippen molar-refractivity contribution in [2.45, 2.75) is 52.5 Å². The van der Waals surface area contributed by atoms with Crippen LogP contribution in [-0.2, 0) is 6.42 Å². The molecule has 6 nitrogen and oxygen atoms in total. The van der Waals surface area contributed by atoms with Crippen molar-refractivity contribution in [1.82, 2.24) is 10.2 Å². The lowest BCUT2D eigenvalue weighted by atomic mass is 9.95. The third-order valence-corrected chi connectivity index (χ3v) is 7.05. The average molecular weight is 460 g/mol.